The molecular formula is C16H18ClFN4O. The Morgan fingerprint density at radius 2 is 1.87 bits per heavy atom. The summed E-state index contributed by atoms with van der Waals surface area (Å²) in [7, 11) is 1.71. The summed E-state index contributed by atoms with van der Waals surface area (Å²) in [6, 6.07) is 6.70. The van der Waals surface area contributed by atoms with Crippen molar-refractivity contribution in [2.24, 2.45) is 7.05 Å². The predicted molar refractivity (Wildman–Crippen MR) is 87.5 cm³/mol. The Balaban J connectivity index is 1.72. The summed E-state index contributed by atoms with van der Waals surface area (Å²) in [5.74, 6) is -0.354. The molecule has 5 nitrogen and oxygen atoms in total. The Kier molecular flexibility index (Phi) is 4.26. The van der Waals surface area contributed by atoms with Crippen LogP contribution in [0.4, 0.5) is 10.1 Å². The number of anilines is 1. The standard InChI is InChI=1S/C16H18ClFN4O/c1-11-14(15(17)20(2)19-11)16(23)22-9-7-21(8-10-22)13-6-4-3-5-12(13)18/h3-6H,7-10H2,1-2H3. The summed E-state index contributed by atoms with van der Waals surface area (Å²) in [5.41, 5.74) is 1.66. The van der Waals surface area contributed by atoms with Gasteiger partial charge in [0.1, 0.15) is 11.0 Å². The van der Waals surface area contributed by atoms with Crippen LogP contribution in [0.15, 0.2) is 24.3 Å². The van der Waals surface area contributed by atoms with Crippen molar-refractivity contribution in [1.82, 2.24) is 14.7 Å². The van der Waals surface area contributed by atoms with Crippen molar-refractivity contribution in [1.29, 1.82) is 0 Å². The van der Waals surface area contributed by atoms with Crippen LogP contribution >= 0.6 is 11.6 Å². The largest absolute Gasteiger partial charge is 0.366 e. The highest BCUT2D eigenvalue weighted by Gasteiger charge is 2.27. The zero-order chi connectivity index (χ0) is 16.6. The van der Waals surface area contributed by atoms with E-state index in [1.807, 2.05) is 11.0 Å². The molecule has 0 atom stereocenters. The van der Waals surface area contributed by atoms with Gasteiger partial charge in [-0.1, -0.05) is 23.7 Å². The molecule has 0 aliphatic carbocycles. The minimum absolute atomic E-state index is 0.117. The van der Waals surface area contributed by atoms with Crippen molar-refractivity contribution >= 4 is 23.2 Å². The maximum Gasteiger partial charge on any atom is 0.259 e. The molecule has 1 aliphatic rings. The summed E-state index contributed by atoms with van der Waals surface area (Å²) in [6.45, 7) is 4.00. The van der Waals surface area contributed by atoms with Gasteiger partial charge >= 0.3 is 0 Å². The number of nitrogens with zero attached hydrogens (tertiary/aromatic N) is 4. The van der Waals surface area contributed by atoms with Crippen LogP contribution in [0.2, 0.25) is 5.15 Å². The van der Waals surface area contributed by atoms with E-state index in [0.29, 0.717) is 48.3 Å². The molecule has 122 valence electrons. The molecule has 2 aromatic rings. The number of hydrogen-bond acceptors (Lipinski definition) is 3. The fourth-order valence-corrected chi connectivity index (χ4v) is 3.15. The first-order valence-corrected chi connectivity index (χ1v) is 7.84. The molecule has 0 unspecified atom stereocenters. The number of rotatable bonds is 2. The third kappa shape index (κ3) is 2.91. The molecular weight excluding hydrogens is 319 g/mol. The van der Waals surface area contributed by atoms with Gasteiger partial charge < -0.3 is 9.80 Å². The highest BCUT2D eigenvalue weighted by molar-refractivity contribution is 6.33. The van der Waals surface area contributed by atoms with Crippen molar-refractivity contribution in [2.75, 3.05) is 31.1 Å². The molecule has 2 heterocycles. The van der Waals surface area contributed by atoms with E-state index < -0.39 is 0 Å². The van der Waals surface area contributed by atoms with Gasteiger partial charge in [0.15, 0.2) is 0 Å². The van der Waals surface area contributed by atoms with Gasteiger partial charge in [-0.2, -0.15) is 5.10 Å². The number of halogens is 2. The molecule has 3 rings (SSSR count). The average molecular weight is 337 g/mol. The van der Waals surface area contributed by atoms with Gasteiger partial charge in [-0.15, -0.1) is 0 Å². The van der Waals surface area contributed by atoms with Crippen molar-refractivity contribution in [2.45, 2.75) is 6.92 Å². The SMILES string of the molecule is Cc1nn(C)c(Cl)c1C(=O)N1CCN(c2ccccc2F)CC1. The highest BCUT2D eigenvalue weighted by atomic mass is 35.5. The van der Waals surface area contributed by atoms with Crippen LogP contribution in [0.25, 0.3) is 0 Å². The molecule has 0 saturated carbocycles. The van der Waals surface area contributed by atoms with Crippen molar-refractivity contribution < 1.29 is 9.18 Å². The smallest absolute Gasteiger partial charge is 0.259 e. The van der Waals surface area contributed by atoms with E-state index in [1.54, 1.807) is 31.0 Å². The predicted octanol–water partition coefficient (Wildman–Crippen LogP) is 2.48. The summed E-state index contributed by atoms with van der Waals surface area (Å²) >= 11 is 6.17. The van der Waals surface area contributed by atoms with Crippen LogP contribution in [0.1, 0.15) is 16.1 Å². The van der Waals surface area contributed by atoms with E-state index in [2.05, 4.69) is 5.10 Å². The van der Waals surface area contributed by atoms with E-state index in [1.165, 1.54) is 10.7 Å². The zero-order valence-corrected chi connectivity index (χ0v) is 13.8. The first-order chi connectivity index (χ1) is 11.0. The number of para-hydroxylation sites is 1. The fraction of sp³-hybridized carbons (Fsp3) is 0.375. The van der Waals surface area contributed by atoms with E-state index in [4.69, 9.17) is 11.6 Å². The van der Waals surface area contributed by atoms with Crippen LogP contribution in [-0.2, 0) is 7.05 Å². The maximum absolute atomic E-state index is 13.9. The monoisotopic (exact) mass is 336 g/mol. The minimum atomic E-state index is -0.238. The molecule has 1 fully saturated rings. The summed E-state index contributed by atoms with van der Waals surface area (Å²) in [5, 5.41) is 4.53. The molecule has 1 aromatic heterocycles. The average Bonchev–Trinajstić information content (AvgIpc) is 2.80. The third-order valence-electron chi connectivity index (χ3n) is 4.13. The molecule has 7 heteroatoms. The molecule has 1 aliphatic heterocycles. The molecule has 23 heavy (non-hydrogen) atoms. The number of carbonyl (C=O) groups excluding carboxylic acids is 1. The summed E-state index contributed by atoms with van der Waals surface area (Å²) in [6.07, 6.45) is 0. The van der Waals surface area contributed by atoms with E-state index >= 15 is 0 Å². The van der Waals surface area contributed by atoms with Crippen LogP contribution < -0.4 is 4.90 Å². The van der Waals surface area contributed by atoms with Crippen molar-refractivity contribution in [3.63, 3.8) is 0 Å². The molecule has 0 N–H and O–H groups in total. The molecule has 1 saturated heterocycles. The summed E-state index contributed by atoms with van der Waals surface area (Å²) in [4.78, 5) is 16.4. The van der Waals surface area contributed by atoms with E-state index in [0.717, 1.165) is 0 Å². The summed E-state index contributed by atoms with van der Waals surface area (Å²) < 4.78 is 15.4. The van der Waals surface area contributed by atoms with Gasteiger partial charge in [0.2, 0.25) is 0 Å². The van der Waals surface area contributed by atoms with Gasteiger partial charge in [0.05, 0.1) is 16.9 Å². The normalized spacial score (nSPS) is 15.1. The Bertz CT molecular complexity index is 738. The first kappa shape index (κ1) is 15.8. The third-order valence-corrected chi connectivity index (χ3v) is 4.56. The number of amides is 1. The van der Waals surface area contributed by atoms with Gasteiger partial charge in [0.25, 0.3) is 5.91 Å². The second-order valence-corrected chi connectivity index (χ2v) is 5.96. The van der Waals surface area contributed by atoms with Crippen molar-refractivity contribution in [3.8, 4) is 0 Å². The molecule has 0 radical (unpaired) electrons. The Labute approximate surface area is 139 Å². The highest BCUT2D eigenvalue weighted by Crippen LogP contribution is 2.23. The number of carbonyl (C=O) groups is 1. The van der Waals surface area contributed by atoms with Crippen molar-refractivity contribution in [3.05, 3.63) is 46.5 Å². The fourth-order valence-electron chi connectivity index (χ4n) is 2.89. The molecule has 1 amide bonds. The lowest BCUT2D eigenvalue weighted by molar-refractivity contribution is 0.0746. The first-order valence-electron chi connectivity index (χ1n) is 7.47. The quantitative estimate of drug-likeness (QED) is 0.846. The number of piperazine rings is 1. The Hall–Kier alpha value is -2.08. The number of aromatic nitrogens is 2. The Morgan fingerprint density at radius 1 is 1.22 bits per heavy atom. The van der Waals surface area contributed by atoms with Crippen LogP contribution in [0.3, 0.4) is 0 Å². The van der Waals surface area contributed by atoms with Crippen LogP contribution in [0, 0.1) is 12.7 Å². The van der Waals surface area contributed by atoms with Gasteiger partial charge in [-0.25, -0.2) is 4.39 Å². The lowest BCUT2D eigenvalue weighted by Gasteiger charge is -2.36. The second-order valence-electron chi connectivity index (χ2n) is 5.61. The Morgan fingerprint density at radius 3 is 2.43 bits per heavy atom. The van der Waals surface area contributed by atoms with Gasteiger partial charge in [-0.3, -0.25) is 9.48 Å². The second kappa shape index (κ2) is 6.20. The van der Waals surface area contributed by atoms with Crippen LogP contribution in [0.5, 0.6) is 0 Å². The van der Waals surface area contributed by atoms with E-state index in [9.17, 15) is 9.18 Å². The van der Waals surface area contributed by atoms with Gasteiger partial charge in [0, 0.05) is 33.2 Å². The van der Waals surface area contributed by atoms with E-state index in [-0.39, 0.29) is 11.7 Å². The molecule has 0 bridgehead atoms. The number of benzene rings is 1. The topological polar surface area (TPSA) is 41.4 Å². The lowest BCUT2D eigenvalue weighted by atomic mass is 10.2. The number of aryl methyl sites for hydroxylation is 2. The zero-order valence-electron chi connectivity index (χ0n) is 13.1. The molecule has 1 aromatic carbocycles. The number of hydrogen-bond donors (Lipinski definition) is 0. The van der Waals surface area contributed by atoms with Gasteiger partial charge in [-0.05, 0) is 19.1 Å². The maximum atomic E-state index is 13.9. The minimum Gasteiger partial charge on any atom is -0.366 e. The lowest BCUT2D eigenvalue weighted by Crippen LogP contribution is -2.49. The van der Waals surface area contributed by atoms with Crippen LogP contribution in [-0.4, -0.2) is 46.8 Å². The molecule has 0 spiro atoms.